The third-order valence-corrected chi connectivity index (χ3v) is 4.06. The van der Waals surface area contributed by atoms with Gasteiger partial charge in [-0.1, -0.05) is 6.92 Å². The van der Waals surface area contributed by atoms with Crippen molar-refractivity contribution in [2.75, 3.05) is 5.32 Å². The average Bonchev–Trinajstić information content (AvgIpc) is 3.07. The Kier molecular flexibility index (Phi) is 3.35. The number of hydrogen-bond acceptors (Lipinski definition) is 6. The lowest BCUT2D eigenvalue weighted by atomic mass is 10.2. The van der Waals surface area contributed by atoms with Gasteiger partial charge in [0.1, 0.15) is 16.6 Å². The van der Waals surface area contributed by atoms with Crippen LogP contribution in [0.1, 0.15) is 30.2 Å². The second-order valence-electron chi connectivity index (χ2n) is 4.60. The van der Waals surface area contributed by atoms with Crippen molar-refractivity contribution in [1.29, 1.82) is 0 Å². The zero-order valence-electron chi connectivity index (χ0n) is 11.7. The predicted molar refractivity (Wildman–Crippen MR) is 79.8 cm³/mol. The van der Waals surface area contributed by atoms with E-state index in [-0.39, 0.29) is 6.04 Å². The topological polar surface area (TPSA) is 68.5 Å². The van der Waals surface area contributed by atoms with Crippen molar-refractivity contribution in [3.8, 4) is 0 Å². The molecule has 0 fully saturated rings. The summed E-state index contributed by atoms with van der Waals surface area (Å²) in [6.45, 7) is 4.02. The molecule has 0 radical (unpaired) electrons. The van der Waals surface area contributed by atoms with E-state index in [1.165, 1.54) is 0 Å². The number of anilines is 1. The zero-order chi connectivity index (χ0) is 14.1. The summed E-state index contributed by atoms with van der Waals surface area (Å²) in [5, 5.41) is 11.7. The van der Waals surface area contributed by atoms with Crippen LogP contribution in [0.2, 0.25) is 0 Å². The third-order valence-electron chi connectivity index (χ3n) is 3.17. The highest BCUT2D eigenvalue weighted by Crippen LogP contribution is 2.27. The molecule has 0 aliphatic rings. The molecule has 0 aromatic carbocycles. The highest BCUT2D eigenvalue weighted by molar-refractivity contribution is 7.09. The summed E-state index contributed by atoms with van der Waals surface area (Å²) >= 11 is 1.65. The fourth-order valence-corrected chi connectivity index (χ4v) is 2.92. The van der Waals surface area contributed by atoms with E-state index in [2.05, 4.69) is 32.3 Å². The van der Waals surface area contributed by atoms with E-state index < -0.39 is 0 Å². The van der Waals surface area contributed by atoms with Crippen LogP contribution in [-0.4, -0.2) is 24.7 Å². The van der Waals surface area contributed by atoms with Crippen molar-refractivity contribution >= 4 is 28.2 Å². The van der Waals surface area contributed by atoms with Gasteiger partial charge in [0, 0.05) is 18.6 Å². The van der Waals surface area contributed by atoms with E-state index in [0.29, 0.717) is 0 Å². The van der Waals surface area contributed by atoms with Crippen LogP contribution < -0.4 is 5.32 Å². The van der Waals surface area contributed by atoms with Gasteiger partial charge in [-0.15, -0.1) is 11.3 Å². The van der Waals surface area contributed by atoms with E-state index >= 15 is 0 Å². The number of aryl methyl sites for hydroxylation is 2. The van der Waals surface area contributed by atoms with Gasteiger partial charge in [-0.05, 0) is 13.3 Å². The minimum absolute atomic E-state index is 0.160. The highest BCUT2D eigenvalue weighted by atomic mass is 32.1. The molecule has 0 amide bonds. The van der Waals surface area contributed by atoms with Gasteiger partial charge in [0.25, 0.3) is 0 Å². The standard InChI is InChI=1S/C13H16N6S/c1-4-10(13-14-5-6-20-13)18-11-9-7-15-19(3)12(9)17-8(2)16-11/h5-7,10H,4H2,1-3H3,(H,16,17,18)/t10-/m1/s1. The molecular weight excluding hydrogens is 272 g/mol. The second-order valence-corrected chi connectivity index (χ2v) is 5.53. The fraction of sp³-hybridized carbons (Fsp3) is 0.385. The van der Waals surface area contributed by atoms with Crippen LogP contribution in [-0.2, 0) is 7.05 Å². The Hall–Kier alpha value is -2.02. The van der Waals surface area contributed by atoms with Crippen LogP contribution in [0.25, 0.3) is 11.0 Å². The number of thiazole rings is 1. The number of hydrogen-bond donors (Lipinski definition) is 1. The minimum atomic E-state index is 0.160. The monoisotopic (exact) mass is 288 g/mol. The molecule has 3 rings (SSSR count). The first-order valence-electron chi connectivity index (χ1n) is 6.51. The maximum absolute atomic E-state index is 4.51. The van der Waals surface area contributed by atoms with Gasteiger partial charge in [0.2, 0.25) is 0 Å². The molecule has 0 spiro atoms. The molecule has 1 N–H and O–H groups in total. The van der Waals surface area contributed by atoms with Gasteiger partial charge in [0.15, 0.2) is 5.65 Å². The first-order chi connectivity index (χ1) is 9.69. The van der Waals surface area contributed by atoms with Gasteiger partial charge in [-0.25, -0.2) is 15.0 Å². The van der Waals surface area contributed by atoms with E-state index in [1.54, 1.807) is 22.2 Å². The van der Waals surface area contributed by atoms with Gasteiger partial charge in [-0.3, -0.25) is 4.68 Å². The van der Waals surface area contributed by atoms with Crippen molar-refractivity contribution in [3.05, 3.63) is 28.6 Å². The Balaban J connectivity index is 2.01. The molecule has 1 atom stereocenters. The highest BCUT2D eigenvalue weighted by Gasteiger charge is 2.16. The maximum atomic E-state index is 4.51. The van der Waals surface area contributed by atoms with Crippen LogP contribution >= 0.6 is 11.3 Å². The van der Waals surface area contributed by atoms with Crippen LogP contribution in [0, 0.1) is 6.92 Å². The number of aromatic nitrogens is 5. The van der Waals surface area contributed by atoms with Gasteiger partial charge in [0.05, 0.1) is 17.6 Å². The Bertz CT molecular complexity index is 718. The van der Waals surface area contributed by atoms with Crippen molar-refractivity contribution in [2.24, 2.45) is 7.05 Å². The second kappa shape index (κ2) is 5.16. The summed E-state index contributed by atoms with van der Waals surface area (Å²) in [4.78, 5) is 13.3. The molecule has 0 bridgehead atoms. The number of rotatable bonds is 4. The Morgan fingerprint density at radius 2 is 2.25 bits per heavy atom. The third kappa shape index (κ3) is 2.24. The van der Waals surface area contributed by atoms with E-state index in [1.807, 2.05) is 25.5 Å². The molecular formula is C13H16N6S. The van der Waals surface area contributed by atoms with Crippen molar-refractivity contribution in [3.63, 3.8) is 0 Å². The minimum Gasteiger partial charge on any atom is -0.360 e. The molecule has 0 saturated carbocycles. The maximum Gasteiger partial charge on any atom is 0.163 e. The largest absolute Gasteiger partial charge is 0.360 e. The Labute approximate surface area is 120 Å². The van der Waals surface area contributed by atoms with Crippen molar-refractivity contribution < 1.29 is 0 Å². The lowest BCUT2D eigenvalue weighted by Gasteiger charge is -2.15. The van der Waals surface area contributed by atoms with Gasteiger partial charge >= 0.3 is 0 Å². The average molecular weight is 288 g/mol. The zero-order valence-corrected chi connectivity index (χ0v) is 12.5. The molecule has 7 heteroatoms. The predicted octanol–water partition coefficient (Wildman–Crippen LogP) is 2.69. The van der Waals surface area contributed by atoms with Gasteiger partial charge in [-0.2, -0.15) is 5.10 Å². The number of nitrogens with zero attached hydrogens (tertiary/aromatic N) is 5. The molecule has 20 heavy (non-hydrogen) atoms. The molecule has 0 aliphatic heterocycles. The molecule has 104 valence electrons. The van der Waals surface area contributed by atoms with E-state index in [0.717, 1.165) is 34.1 Å². The molecule has 0 aliphatic carbocycles. The quantitative estimate of drug-likeness (QED) is 0.799. The SMILES string of the molecule is CC[C@@H](Nc1nc(C)nc2c1cnn2C)c1nccs1. The summed E-state index contributed by atoms with van der Waals surface area (Å²) in [6.07, 6.45) is 4.57. The van der Waals surface area contributed by atoms with Gasteiger partial charge < -0.3 is 5.32 Å². The fourth-order valence-electron chi connectivity index (χ4n) is 2.15. The first-order valence-corrected chi connectivity index (χ1v) is 7.39. The molecule has 0 unspecified atom stereocenters. The summed E-state index contributed by atoms with van der Waals surface area (Å²) in [7, 11) is 1.89. The van der Waals surface area contributed by atoms with Crippen LogP contribution in [0.3, 0.4) is 0 Å². The number of fused-ring (bicyclic) bond motifs is 1. The van der Waals surface area contributed by atoms with Crippen LogP contribution in [0.15, 0.2) is 17.8 Å². The van der Waals surface area contributed by atoms with Crippen LogP contribution in [0.5, 0.6) is 0 Å². The molecule has 6 nitrogen and oxygen atoms in total. The molecule has 3 heterocycles. The van der Waals surface area contributed by atoms with E-state index in [9.17, 15) is 0 Å². The van der Waals surface area contributed by atoms with E-state index in [4.69, 9.17) is 0 Å². The lowest BCUT2D eigenvalue weighted by molar-refractivity contribution is 0.737. The molecule has 3 aromatic heterocycles. The van der Waals surface area contributed by atoms with Crippen LogP contribution in [0.4, 0.5) is 5.82 Å². The van der Waals surface area contributed by atoms with Crippen molar-refractivity contribution in [2.45, 2.75) is 26.3 Å². The first kappa shape index (κ1) is 13.0. The number of nitrogens with one attached hydrogen (secondary N) is 1. The lowest BCUT2D eigenvalue weighted by Crippen LogP contribution is -2.11. The Morgan fingerprint density at radius 3 is 2.95 bits per heavy atom. The summed E-state index contributed by atoms with van der Waals surface area (Å²) in [5.41, 5.74) is 0.842. The normalized spacial score (nSPS) is 12.8. The van der Waals surface area contributed by atoms with Crippen molar-refractivity contribution in [1.82, 2.24) is 24.7 Å². The summed E-state index contributed by atoms with van der Waals surface area (Å²) < 4.78 is 1.76. The summed E-state index contributed by atoms with van der Waals surface area (Å²) in [5.74, 6) is 1.56. The smallest absolute Gasteiger partial charge is 0.163 e. The Morgan fingerprint density at radius 1 is 1.40 bits per heavy atom. The molecule has 0 saturated heterocycles. The molecule has 3 aromatic rings. The summed E-state index contributed by atoms with van der Waals surface area (Å²) in [6, 6.07) is 0.160.